The lowest BCUT2D eigenvalue weighted by Gasteiger charge is -1.87. The summed E-state index contributed by atoms with van der Waals surface area (Å²) in [5.74, 6) is 0. The lowest BCUT2D eigenvalue weighted by molar-refractivity contribution is 0.184. The van der Waals surface area contributed by atoms with Crippen molar-refractivity contribution >= 4 is 11.3 Å². The monoisotopic (exact) mass is 154 g/mol. The highest BCUT2D eigenvalue weighted by Gasteiger charge is 1.98. The first-order chi connectivity index (χ1) is 4.86. The third kappa shape index (κ3) is 1.53. The van der Waals surface area contributed by atoms with Gasteiger partial charge in [0.15, 0.2) is 0 Å². The van der Waals surface area contributed by atoms with E-state index in [9.17, 15) is 0 Å². The van der Waals surface area contributed by atoms with Crippen LogP contribution in [0.1, 0.15) is 9.88 Å². The standard InChI is InChI=1S/C6H6N2OS/c1-9-4-6-8-3-5(2-7)10-6/h3H,4H2,1H3. The summed E-state index contributed by atoms with van der Waals surface area (Å²) in [6.07, 6.45) is 1.55. The highest BCUT2D eigenvalue weighted by atomic mass is 32.1. The smallest absolute Gasteiger partial charge is 0.124 e. The van der Waals surface area contributed by atoms with Crippen LogP contribution in [0, 0.1) is 11.3 Å². The second-order valence-electron chi connectivity index (χ2n) is 1.66. The van der Waals surface area contributed by atoms with E-state index < -0.39 is 0 Å². The highest BCUT2D eigenvalue weighted by Crippen LogP contribution is 2.11. The number of hydrogen-bond acceptors (Lipinski definition) is 4. The Morgan fingerprint density at radius 3 is 3.20 bits per heavy atom. The molecular weight excluding hydrogens is 148 g/mol. The van der Waals surface area contributed by atoms with Gasteiger partial charge in [-0.2, -0.15) is 5.26 Å². The lowest BCUT2D eigenvalue weighted by Crippen LogP contribution is -1.82. The van der Waals surface area contributed by atoms with E-state index in [1.54, 1.807) is 13.3 Å². The Bertz CT molecular complexity index is 250. The van der Waals surface area contributed by atoms with Crippen molar-refractivity contribution in [1.82, 2.24) is 4.98 Å². The van der Waals surface area contributed by atoms with Crippen molar-refractivity contribution in [1.29, 1.82) is 5.26 Å². The van der Waals surface area contributed by atoms with Gasteiger partial charge in [-0.3, -0.25) is 0 Å². The van der Waals surface area contributed by atoms with Crippen molar-refractivity contribution in [3.05, 3.63) is 16.1 Å². The molecule has 1 aromatic rings. The first-order valence-corrected chi connectivity index (χ1v) is 3.52. The van der Waals surface area contributed by atoms with E-state index in [1.165, 1.54) is 11.3 Å². The van der Waals surface area contributed by atoms with Gasteiger partial charge in [0.25, 0.3) is 0 Å². The molecule has 0 bridgehead atoms. The van der Waals surface area contributed by atoms with E-state index >= 15 is 0 Å². The van der Waals surface area contributed by atoms with Crippen LogP contribution in [-0.2, 0) is 11.3 Å². The van der Waals surface area contributed by atoms with Gasteiger partial charge in [0.2, 0.25) is 0 Å². The van der Waals surface area contributed by atoms with Gasteiger partial charge >= 0.3 is 0 Å². The van der Waals surface area contributed by atoms with Crippen molar-refractivity contribution in [2.24, 2.45) is 0 Å². The Kier molecular flexibility index (Phi) is 2.37. The molecule has 0 spiro atoms. The fraction of sp³-hybridized carbons (Fsp3) is 0.333. The minimum absolute atomic E-state index is 0.492. The SMILES string of the molecule is COCc1ncc(C#N)s1. The summed E-state index contributed by atoms with van der Waals surface area (Å²) >= 11 is 1.36. The zero-order valence-electron chi connectivity index (χ0n) is 5.50. The minimum atomic E-state index is 0.492. The first-order valence-electron chi connectivity index (χ1n) is 2.70. The van der Waals surface area contributed by atoms with Gasteiger partial charge in [0.05, 0.1) is 12.8 Å². The van der Waals surface area contributed by atoms with E-state index in [2.05, 4.69) is 4.98 Å². The molecule has 52 valence electrons. The molecule has 0 unspecified atom stereocenters. The van der Waals surface area contributed by atoms with Crippen LogP contribution in [0.4, 0.5) is 0 Å². The summed E-state index contributed by atoms with van der Waals surface area (Å²) in [6.45, 7) is 0.492. The van der Waals surface area contributed by atoms with Crippen LogP contribution < -0.4 is 0 Å². The van der Waals surface area contributed by atoms with Gasteiger partial charge in [-0.05, 0) is 0 Å². The van der Waals surface area contributed by atoms with Crippen molar-refractivity contribution < 1.29 is 4.74 Å². The first kappa shape index (κ1) is 7.19. The van der Waals surface area contributed by atoms with Crippen LogP contribution in [0.3, 0.4) is 0 Å². The molecule has 0 aliphatic heterocycles. The molecule has 0 amide bonds. The number of aromatic nitrogens is 1. The van der Waals surface area contributed by atoms with Crippen LogP contribution in [-0.4, -0.2) is 12.1 Å². The van der Waals surface area contributed by atoms with Gasteiger partial charge in [-0.25, -0.2) is 4.98 Å². The molecule has 0 aliphatic rings. The van der Waals surface area contributed by atoms with Crippen LogP contribution in [0.15, 0.2) is 6.20 Å². The molecule has 0 aliphatic carbocycles. The van der Waals surface area contributed by atoms with Crippen molar-refractivity contribution in [2.45, 2.75) is 6.61 Å². The fourth-order valence-electron chi connectivity index (χ4n) is 0.552. The molecule has 0 fully saturated rings. The van der Waals surface area contributed by atoms with Gasteiger partial charge < -0.3 is 4.74 Å². The van der Waals surface area contributed by atoms with Gasteiger partial charge in [-0.15, -0.1) is 11.3 Å². The largest absolute Gasteiger partial charge is 0.378 e. The van der Waals surface area contributed by atoms with Crippen LogP contribution in [0.25, 0.3) is 0 Å². The normalized spacial score (nSPS) is 9.20. The molecule has 0 N–H and O–H groups in total. The van der Waals surface area contributed by atoms with Gasteiger partial charge in [0.1, 0.15) is 16.0 Å². The topological polar surface area (TPSA) is 45.9 Å². The molecule has 0 aromatic carbocycles. The van der Waals surface area contributed by atoms with E-state index in [0.717, 1.165) is 5.01 Å². The molecule has 1 rings (SSSR count). The Labute approximate surface area is 62.9 Å². The lowest BCUT2D eigenvalue weighted by atomic mass is 10.6. The average Bonchev–Trinajstić information content (AvgIpc) is 2.37. The van der Waals surface area contributed by atoms with Crippen molar-refractivity contribution in [3.63, 3.8) is 0 Å². The molecule has 0 saturated carbocycles. The molecular formula is C6H6N2OS. The molecule has 3 nitrogen and oxygen atoms in total. The third-order valence-electron chi connectivity index (χ3n) is 0.932. The predicted octanol–water partition coefficient (Wildman–Crippen LogP) is 1.16. The summed E-state index contributed by atoms with van der Waals surface area (Å²) in [5.41, 5.74) is 0. The Balaban J connectivity index is 2.71. The maximum atomic E-state index is 8.40. The van der Waals surface area contributed by atoms with Crippen LogP contribution in [0.2, 0.25) is 0 Å². The molecule has 0 atom stereocenters. The van der Waals surface area contributed by atoms with Crippen LogP contribution in [0.5, 0.6) is 0 Å². The average molecular weight is 154 g/mol. The summed E-state index contributed by atoms with van der Waals surface area (Å²) in [5, 5.41) is 9.25. The highest BCUT2D eigenvalue weighted by molar-refractivity contribution is 7.12. The number of hydrogen-bond donors (Lipinski definition) is 0. The molecule has 10 heavy (non-hydrogen) atoms. The summed E-state index contributed by atoms with van der Waals surface area (Å²) in [6, 6.07) is 2.01. The van der Waals surface area contributed by atoms with Crippen molar-refractivity contribution in [3.8, 4) is 6.07 Å². The van der Waals surface area contributed by atoms with E-state index in [1.807, 2.05) is 6.07 Å². The number of nitriles is 1. The Morgan fingerprint density at radius 1 is 1.90 bits per heavy atom. The number of ether oxygens (including phenoxy) is 1. The predicted molar refractivity (Wildman–Crippen MR) is 37.5 cm³/mol. The Hall–Kier alpha value is -0.920. The molecule has 0 radical (unpaired) electrons. The summed E-state index contributed by atoms with van der Waals surface area (Å²) < 4.78 is 4.82. The number of nitrogens with zero attached hydrogens (tertiary/aromatic N) is 2. The Morgan fingerprint density at radius 2 is 2.70 bits per heavy atom. The molecule has 0 saturated heterocycles. The van der Waals surface area contributed by atoms with Crippen molar-refractivity contribution in [2.75, 3.05) is 7.11 Å². The van der Waals surface area contributed by atoms with E-state index in [4.69, 9.17) is 10.00 Å². The number of rotatable bonds is 2. The molecule has 1 aromatic heterocycles. The maximum absolute atomic E-state index is 8.40. The minimum Gasteiger partial charge on any atom is -0.378 e. The zero-order chi connectivity index (χ0) is 7.40. The second kappa shape index (κ2) is 3.30. The maximum Gasteiger partial charge on any atom is 0.124 e. The fourth-order valence-corrected chi connectivity index (χ4v) is 1.24. The van der Waals surface area contributed by atoms with Crippen LogP contribution >= 0.6 is 11.3 Å². The molecule has 1 heterocycles. The van der Waals surface area contributed by atoms with E-state index in [0.29, 0.717) is 11.5 Å². The summed E-state index contributed by atoms with van der Waals surface area (Å²) in [4.78, 5) is 4.58. The zero-order valence-corrected chi connectivity index (χ0v) is 6.31. The number of methoxy groups -OCH3 is 1. The summed E-state index contributed by atoms with van der Waals surface area (Å²) in [7, 11) is 1.60. The molecule has 4 heteroatoms. The third-order valence-corrected chi connectivity index (χ3v) is 1.81. The quantitative estimate of drug-likeness (QED) is 0.642. The van der Waals surface area contributed by atoms with Gasteiger partial charge in [-0.1, -0.05) is 0 Å². The second-order valence-corrected chi connectivity index (χ2v) is 2.78. The van der Waals surface area contributed by atoms with Gasteiger partial charge in [0, 0.05) is 7.11 Å². The van der Waals surface area contributed by atoms with E-state index in [-0.39, 0.29) is 0 Å². The number of thiazole rings is 1.